The van der Waals surface area contributed by atoms with E-state index in [1.54, 1.807) is 33.8 Å². The summed E-state index contributed by atoms with van der Waals surface area (Å²) >= 11 is 0. The van der Waals surface area contributed by atoms with Gasteiger partial charge in [-0.1, -0.05) is 0 Å². The highest BCUT2D eigenvalue weighted by Crippen LogP contribution is 2.26. The number of hydrogen-bond acceptors (Lipinski definition) is 4. The quantitative estimate of drug-likeness (QED) is 0.865. The number of carbonyl (C=O) groups is 2. The first-order valence-electron chi connectivity index (χ1n) is 7.75. The summed E-state index contributed by atoms with van der Waals surface area (Å²) in [5, 5.41) is 11.3. The van der Waals surface area contributed by atoms with Crippen LogP contribution in [0.1, 0.15) is 39.0 Å². The first-order valence-corrected chi connectivity index (χ1v) is 7.75. The SMILES string of the molecule is CN1CCn2nc(C(=O)N3CCC(c4ccn[nH]4)C3)cc2C1=O. The van der Waals surface area contributed by atoms with Gasteiger partial charge in [0, 0.05) is 50.6 Å². The fourth-order valence-corrected chi connectivity index (χ4v) is 3.26. The number of aromatic nitrogens is 4. The number of rotatable bonds is 2. The van der Waals surface area contributed by atoms with Gasteiger partial charge in [0.1, 0.15) is 5.69 Å². The second kappa shape index (κ2) is 5.22. The van der Waals surface area contributed by atoms with Crippen LogP contribution in [0.25, 0.3) is 0 Å². The summed E-state index contributed by atoms with van der Waals surface area (Å²) in [5.41, 5.74) is 1.90. The van der Waals surface area contributed by atoms with Gasteiger partial charge < -0.3 is 9.80 Å². The standard InChI is InChI=1S/C15H18N6O2/c1-19-6-7-21-13(15(19)23)8-12(18-21)14(22)20-5-3-10(9-20)11-2-4-16-17-11/h2,4,8,10H,3,5-7,9H2,1H3,(H,16,17). The smallest absolute Gasteiger partial charge is 0.274 e. The highest BCUT2D eigenvalue weighted by atomic mass is 16.2. The average Bonchev–Trinajstić information content (AvgIpc) is 3.29. The molecule has 23 heavy (non-hydrogen) atoms. The molecule has 4 heterocycles. The van der Waals surface area contributed by atoms with Gasteiger partial charge in [0.2, 0.25) is 0 Å². The number of aromatic amines is 1. The average molecular weight is 314 g/mol. The van der Waals surface area contributed by atoms with Crippen LogP contribution in [0.2, 0.25) is 0 Å². The van der Waals surface area contributed by atoms with E-state index in [1.165, 1.54) is 0 Å². The molecule has 1 atom stereocenters. The molecule has 2 aliphatic heterocycles. The first-order chi connectivity index (χ1) is 11.1. The highest BCUT2D eigenvalue weighted by Gasteiger charge is 2.32. The van der Waals surface area contributed by atoms with Gasteiger partial charge >= 0.3 is 0 Å². The van der Waals surface area contributed by atoms with Crippen molar-refractivity contribution in [2.45, 2.75) is 18.9 Å². The summed E-state index contributed by atoms with van der Waals surface area (Å²) in [4.78, 5) is 28.2. The second-order valence-electron chi connectivity index (χ2n) is 6.11. The number of nitrogens with one attached hydrogen (secondary N) is 1. The molecule has 0 aromatic carbocycles. The normalized spacial score (nSPS) is 20.9. The lowest BCUT2D eigenvalue weighted by Gasteiger charge is -2.22. The van der Waals surface area contributed by atoms with E-state index in [4.69, 9.17) is 0 Å². The van der Waals surface area contributed by atoms with Crippen molar-refractivity contribution in [1.29, 1.82) is 0 Å². The molecule has 2 aromatic rings. The molecule has 0 saturated carbocycles. The largest absolute Gasteiger partial charge is 0.339 e. The van der Waals surface area contributed by atoms with Crippen molar-refractivity contribution in [3.63, 3.8) is 0 Å². The Morgan fingerprint density at radius 1 is 1.35 bits per heavy atom. The van der Waals surface area contributed by atoms with Crippen LogP contribution < -0.4 is 0 Å². The third kappa shape index (κ3) is 2.30. The maximum Gasteiger partial charge on any atom is 0.274 e. The van der Waals surface area contributed by atoms with Crippen LogP contribution >= 0.6 is 0 Å². The Balaban J connectivity index is 1.52. The summed E-state index contributed by atoms with van der Waals surface area (Å²) in [6, 6.07) is 3.56. The van der Waals surface area contributed by atoms with E-state index in [1.807, 2.05) is 6.07 Å². The van der Waals surface area contributed by atoms with E-state index >= 15 is 0 Å². The Kier molecular flexibility index (Phi) is 3.17. The highest BCUT2D eigenvalue weighted by molar-refractivity contribution is 5.98. The van der Waals surface area contributed by atoms with E-state index in [0.717, 1.165) is 12.1 Å². The zero-order valence-electron chi connectivity index (χ0n) is 12.9. The van der Waals surface area contributed by atoms with Crippen LogP contribution in [0.4, 0.5) is 0 Å². The summed E-state index contributed by atoms with van der Waals surface area (Å²) < 4.78 is 1.64. The van der Waals surface area contributed by atoms with E-state index in [0.29, 0.717) is 37.6 Å². The number of amides is 2. The third-order valence-electron chi connectivity index (χ3n) is 4.65. The second-order valence-corrected chi connectivity index (χ2v) is 6.11. The van der Waals surface area contributed by atoms with Crippen molar-refractivity contribution in [2.24, 2.45) is 0 Å². The van der Waals surface area contributed by atoms with Gasteiger partial charge in [-0.3, -0.25) is 19.4 Å². The number of likely N-dealkylation sites (N-methyl/N-ethyl adjacent to an activating group) is 1. The molecule has 0 bridgehead atoms. The number of H-pyrrole nitrogens is 1. The van der Waals surface area contributed by atoms with Crippen molar-refractivity contribution < 1.29 is 9.59 Å². The van der Waals surface area contributed by atoms with Crippen LogP contribution in [0.15, 0.2) is 18.3 Å². The Bertz CT molecular complexity index is 750. The molecule has 4 rings (SSSR count). The van der Waals surface area contributed by atoms with E-state index in [9.17, 15) is 9.59 Å². The lowest BCUT2D eigenvalue weighted by atomic mass is 10.1. The van der Waals surface area contributed by atoms with E-state index in [-0.39, 0.29) is 17.7 Å². The van der Waals surface area contributed by atoms with Crippen molar-refractivity contribution in [3.8, 4) is 0 Å². The maximum absolute atomic E-state index is 12.7. The molecule has 2 aromatic heterocycles. The molecule has 0 aliphatic carbocycles. The van der Waals surface area contributed by atoms with Crippen LogP contribution in [0, 0.1) is 0 Å². The molecule has 120 valence electrons. The number of nitrogens with zero attached hydrogens (tertiary/aromatic N) is 5. The molecule has 1 N–H and O–H groups in total. The minimum absolute atomic E-state index is 0.0837. The van der Waals surface area contributed by atoms with Crippen LogP contribution in [0.5, 0.6) is 0 Å². The minimum atomic E-state index is -0.107. The first kappa shape index (κ1) is 14.0. The van der Waals surface area contributed by atoms with E-state index in [2.05, 4.69) is 15.3 Å². The number of fused-ring (bicyclic) bond motifs is 1. The predicted octanol–water partition coefficient (Wildman–Crippen LogP) is 0.321. The number of likely N-dealkylation sites (tertiary alicyclic amines) is 1. The van der Waals surface area contributed by atoms with Crippen LogP contribution in [0.3, 0.4) is 0 Å². The van der Waals surface area contributed by atoms with Gasteiger partial charge in [0.05, 0.1) is 6.54 Å². The summed E-state index contributed by atoms with van der Waals surface area (Å²) in [6.45, 7) is 2.59. The molecule has 1 saturated heterocycles. The van der Waals surface area contributed by atoms with Crippen molar-refractivity contribution in [2.75, 3.05) is 26.7 Å². The van der Waals surface area contributed by atoms with Gasteiger partial charge in [0.15, 0.2) is 5.69 Å². The topological polar surface area (TPSA) is 87.1 Å². The molecule has 1 unspecified atom stereocenters. The lowest BCUT2D eigenvalue weighted by Crippen LogP contribution is -2.37. The Labute approximate surface area is 133 Å². The lowest BCUT2D eigenvalue weighted by molar-refractivity contribution is 0.0739. The maximum atomic E-state index is 12.7. The van der Waals surface area contributed by atoms with Crippen molar-refractivity contribution >= 4 is 11.8 Å². The van der Waals surface area contributed by atoms with Gasteiger partial charge in [0.25, 0.3) is 11.8 Å². The summed E-state index contributed by atoms with van der Waals surface area (Å²) in [5.74, 6) is 0.0929. The molecule has 2 amide bonds. The van der Waals surface area contributed by atoms with Gasteiger partial charge in [-0.15, -0.1) is 0 Å². The molecule has 0 spiro atoms. The third-order valence-corrected chi connectivity index (χ3v) is 4.65. The number of hydrogen-bond donors (Lipinski definition) is 1. The van der Waals surface area contributed by atoms with Gasteiger partial charge in [-0.05, 0) is 12.5 Å². The fraction of sp³-hybridized carbons (Fsp3) is 0.467. The van der Waals surface area contributed by atoms with Gasteiger partial charge in [-0.2, -0.15) is 10.2 Å². The zero-order valence-corrected chi connectivity index (χ0v) is 12.9. The molecule has 1 fully saturated rings. The summed E-state index contributed by atoms with van der Waals surface area (Å²) in [6.07, 6.45) is 2.63. The molecular weight excluding hydrogens is 296 g/mol. The molecule has 2 aliphatic rings. The van der Waals surface area contributed by atoms with Crippen molar-refractivity contribution in [1.82, 2.24) is 29.8 Å². The van der Waals surface area contributed by atoms with Crippen LogP contribution in [-0.2, 0) is 6.54 Å². The Hall–Kier alpha value is -2.64. The predicted molar refractivity (Wildman–Crippen MR) is 81.0 cm³/mol. The molecule has 8 heteroatoms. The zero-order chi connectivity index (χ0) is 16.0. The van der Waals surface area contributed by atoms with Gasteiger partial charge in [-0.25, -0.2) is 0 Å². The number of carbonyl (C=O) groups excluding carboxylic acids is 2. The minimum Gasteiger partial charge on any atom is -0.339 e. The Morgan fingerprint density at radius 3 is 3.00 bits per heavy atom. The Morgan fingerprint density at radius 2 is 2.22 bits per heavy atom. The monoisotopic (exact) mass is 314 g/mol. The van der Waals surface area contributed by atoms with E-state index < -0.39 is 0 Å². The summed E-state index contributed by atoms with van der Waals surface area (Å²) in [7, 11) is 1.76. The van der Waals surface area contributed by atoms with Crippen LogP contribution in [-0.4, -0.2) is 68.3 Å². The fourth-order valence-electron chi connectivity index (χ4n) is 3.26. The molecule has 0 radical (unpaired) electrons. The molecule has 8 nitrogen and oxygen atoms in total. The molecular formula is C15H18N6O2. The van der Waals surface area contributed by atoms with Crippen molar-refractivity contribution in [3.05, 3.63) is 35.4 Å².